The van der Waals surface area contributed by atoms with Gasteiger partial charge in [0.2, 0.25) is 0 Å². The monoisotopic (exact) mass is 385 g/mol. The Labute approximate surface area is 162 Å². The predicted octanol–water partition coefficient (Wildman–Crippen LogP) is 2.55. The number of fused-ring (bicyclic) bond motifs is 2. The Morgan fingerprint density at radius 3 is 2.74 bits per heavy atom. The molecule has 0 saturated heterocycles. The summed E-state index contributed by atoms with van der Waals surface area (Å²) in [5.41, 5.74) is 3.55. The van der Waals surface area contributed by atoms with Crippen molar-refractivity contribution in [2.24, 2.45) is 4.99 Å². The maximum Gasteiger partial charge on any atom is 0.194 e. The Balaban J connectivity index is 1.46. The van der Waals surface area contributed by atoms with Crippen LogP contribution >= 0.6 is 11.3 Å². The minimum Gasteiger partial charge on any atom is -0.493 e. The van der Waals surface area contributed by atoms with Crippen molar-refractivity contribution in [3.8, 4) is 11.5 Å². The first-order valence-corrected chi connectivity index (χ1v) is 9.70. The number of nitrogens with one attached hydrogen (secondary N) is 1. The van der Waals surface area contributed by atoms with Gasteiger partial charge in [-0.25, -0.2) is 4.98 Å². The van der Waals surface area contributed by atoms with Crippen LogP contribution in [0, 0.1) is 0 Å². The zero-order valence-electron chi connectivity index (χ0n) is 15.7. The molecule has 0 unspecified atom stereocenters. The Morgan fingerprint density at radius 2 is 2.04 bits per heavy atom. The van der Waals surface area contributed by atoms with Gasteiger partial charge >= 0.3 is 0 Å². The molecule has 7 nitrogen and oxygen atoms in total. The highest BCUT2D eigenvalue weighted by Gasteiger charge is 2.21. The van der Waals surface area contributed by atoms with Crippen molar-refractivity contribution in [3.05, 3.63) is 46.7 Å². The number of imidazole rings is 1. The topological polar surface area (TPSA) is 63.4 Å². The van der Waals surface area contributed by atoms with Gasteiger partial charge in [0.1, 0.15) is 0 Å². The molecule has 1 aromatic carbocycles. The van der Waals surface area contributed by atoms with Crippen LogP contribution < -0.4 is 14.8 Å². The molecule has 0 spiro atoms. The van der Waals surface area contributed by atoms with Crippen LogP contribution in [0.1, 0.15) is 16.8 Å². The molecule has 142 valence electrons. The summed E-state index contributed by atoms with van der Waals surface area (Å²) in [4.78, 5) is 12.3. The van der Waals surface area contributed by atoms with Crippen LogP contribution in [0.2, 0.25) is 0 Å². The number of benzene rings is 1. The Morgan fingerprint density at radius 1 is 1.26 bits per heavy atom. The van der Waals surface area contributed by atoms with E-state index in [0.717, 1.165) is 47.6 Å². The van der Waals surface area contributed by atoms with E-state index in [1.165, 1.54) is 11.1 Å². The standard InChI is InChI=1S/C19H23N5O2S/c1-20-18(21-10-15-12-24-6-7-27-19(24)22-15)23-5-4-13-8-16(25-2)17(26-3)9-14(13)11-23/h6-9,12H,4-5,10-11H2,1-3H3,(H,20,21). The normalized spacial score (nSPS) is 14.3. The SMILES string of the molecule is CN=C(NCc1cn2ccsc2n1)N1CCc2cc(OC)c(OC)cc2C1. The highest BCUT2D eigenvalue weighted by Crippen LogP contribution is 2.33. The zero-order valence-corrected chi connectivity index (χ0v) is 16.5. The molecule has 8 heteroatoms. The summed E-state index contributed by atoms with van der Waals surface area (Å²) in [5.74, 6) is 2.43. The van der Waals surface area contributed by atoms with Gasteiger partial charge in [-0.2, -0.15) is 0 Å². The lowest BCUT2D eigenvalue weighted by Crippen LogP contribution is -2.43. The van der Waals surface area contributed by atoms with E-state index in [1.807, 2.05) is 23.0 Å². The van der Waals surface area contributed by atoms with E-state index in [-0.39, 0.29) is 0 Å². The molecule has 0 amide bonds. The number of thiazole rings is 1. The first kappa shape index (κ1) is 17.7. The first-order valence-electron chi connectivity index (χ1n) is 8.82. The minimum atomic E-state index is 0.649. The summed E-state index contributed by atoms with van der Waals surface area (Å²) >= 11 is 1.64. The lowest BCUT2D eigenvalue weighted by molar-refractivity contribution is 0.346. The van der Waals surface area contributed by atoms with E-state index in [2.05, 4.69) is 38.5 Å². The molecule has 1 N–H and O–H groups in total. The average Bonchev–Trinajstić information content (AvgIpc) is 3.29. The van der Waals surface area contributed by atoms with E-state index in [4.69, 9.17) is 9.47 Å². The largest absolute Gasteiger partial charge is 0.493 e. The number of nitrogens with zero attached hydrogens (tertiary/aromatic N) is 4. The van der Waals surface area contributed by atoms with Crippen molar-refractivity contribution in [2.45, 2.75) is 19.5 Å². The van der Waals surface area contributed by atoms with Gasteiger partial charge < -0.3 is 19.7 Å². The third-order valence-corrected chi connectivity index (χ3v) is 5.57. The van der Waals surface area contributed by atoms with Crippen molar-refractivity contribution >= 4 is 22.3 Å². The van der Waals surface area contributed by atoms with E-state index >= 15 is 0 Å². The van der Waals surface area contributed by atoms with E-state index in [0.29, 0.717) is 6.54 Å². The van der Waals surface area contributed by atoms with Gasteiger partial charge in [-0.3, -0.25) is 9.39 Å². The molecular weight excluding hydrogens is 362 g/mol. The Kier molecular flexibility index (Phi) is 4.89. The fourth-order valence-corrected chi connectivity index (χ4v) is 4.15. The number of aliphatic imine (C=N–C) groups is 1. The number of ether oxygens (including phenoxy) is 2. The third kappa shape index (κ3) is 3.44. The smallest absolute Gasteiger partial charge is 0.194 e. The maximum atomic E-state index is 5.45. The van der Waals surface area contributed by atoms with Gasteiger partial charge in [-0.1, -0.05) is 0 Å². The van der Waals surface area contributed by atoms with Crippen LogP contribution in [-0.2, 0) is 19.5 Å². The van der Waals surface area contributed by atoms with Gasteiger partial charge in [-0.05, 0) is 29.7 Å². The van der Waals surface area contributed by atoms with Crippen LogP contribution in [0.15, 0.2) is 34.9 Å². The predicted molar refractivity (Wildman–Crippen MR) is 107 cm³/mol. The van der Waals surface area contributed by atoms with E-state index in [9.17, 15) is 0 Å². The van der Waals surface area contributed by atoms with Gasteiger partial charge in [0.25, 0.3) is 0 Å². The second-order valence-corrected chi connectivity index (χ2v) is 7.25. The number of hydrogen-bond acceptors (Lipinski definition) is 5. The van der Waals surface area contributed by atoms with E-state index < -0.39 is 0 Å². The molecular formula is C19H23N5O2S. The molecule has 3 heterocycles. The van der Waals surface area contributed by atoms with Crippen LogP contribution in [0.5, 0.6) is 11.5 Å². The minimum absolute atomic E-state index is 0.649. The fourth-order valence-electron chi connectivity index (χ4n) is 3.43. The second kappa shape index (κ2) is 7.48. The molecule has 1 aliphatic heterocycles. The third-order valence-electron chi connectivity index (χ3n) is 4.80. The second-order valence-electron chi connectivity index (χ2n) is 6.37. The molecule has 2 aromatic heterocycles. The summed E-state index contributed by atoms with van der Waals surface area (Å²) in [6, 6.07) is 4.15. The molecule has 0 aliphatic carbocycles. The number of hydrogen-bond donors (Lipinski definition) is 1. The molecule has 0 bridgehead atoms. The Hall–Kier alpha value is -2.74. The summed E-state index contributed by atoms with van der Waals surface area (Å²) < 4.78 is 12.9. The van der Waals surface area contributed by atoms with Crippen LogP contribution in [0.25, 0.3) is 4.96 Å². The Bertz CT molecular complexity index is 949. The number of methoxy groups -OCH3 is 2. The number of guanidine groups is 1. The average molecular weight is 385 g/mol. The lowest BCUT2D eigenvalue weighted by atomic mass is 9.99. The van der Waals surface area contributed by atoms with E-state index in [1.54, 1.807) is 25.6 Å². The molecule has 0 atom stereocenters. The molecule has 0 saturated carbocycles. The summed E-state index contributed by atoms with van der Waals surface area (Å²) in [6.45, 7) is 2.34. The van der Waals surface area contributed by atoms with Crippen LogP contribution in [0.3, 0.4) is 0 Å². The molecule has 0 radical (unpaired) electrons. The fraction of sp³-hybridized carbons (Fsp3) is 0.368. The lowest BCUT2D eigenvalue weighted by Gasteiger charge is -2.32. The number of rotatable bonds is 4. The molecule has 27 heavy (non-hydrogen) atoms. The van der Waals surface area contributed by atoms with Gasteiger partial charge in [0.15, 0.2) is 22.4 Å². The van der Waals surface area contributed by atoms with Crippen molar-refractivity contribution in [1.29, 1.82) is 0 Å². The highest BCUT2D eigenvalue weighted by atomic mass is 32.1. The first-order chi connectivity index (χ1) is 13.2. The van der Waals surface area contributed by atoms with Crippen molar-refractivity contribution < 1.29 is 9.47 Å². The van der Waals surface area contributed by atoms with Crippen LogP contribution in [-0.4, -0.2) is 48.1 Å². The van der Waals surface area contributed by atoms with Gasteiger partial charge in [-0.15, -0.1) is 11.3 Å². The molecule has 0 fully saturated rings. The van der Waals surface area contributed by atoms with Crippen molar-refractivity contribution in [3.63, 3.8) is 0 Å². The molecule has 1 aliphatic rings. The van der Waals surface area contributed by atoms with Crippen molar-refractivity contribution in [1.82, 2.24) is 19.6 Å². The summed E-state index contributed by atoms with van der Waals surface area (Å²) in [5, 5.41) is 5.47. The highest BCUT2D eigenvalue weighted by molar-refractivity contribution is 7.15. The van der Waals surface area contributed by atoms with Gasteiger partial charge in [0, 0.05) is 37.9 Å². The maximum absolute atomic E-state index is 5.45. The van der Waals surface area contributed by atoms with Crippen molar-refractivity contribution in [2.75, 3.05) is 27.8 Å². The van der Waals surface area contributed by atoms with Gasteiger partial charge in [0.05, 0.1) is 26.5 Å². The number of aromatic nitrogens is 2. The quantitative estimate of drug-likeness (QED) is 0.552. The molecule has 4 rings (SSSR count). The summed E-state index contributed by atoms with van der Waals surface area (Å²) in [6.07, 6.45) is 5.01. The zero-order chi connectivity index (χ0) is 18.8. The molecule has 3 aromatic rings. The summed E-state index contributed by atoms with van der Waals surface area (Å²) in [7, 11) is 5.16. The van der Waals surface area contributed by atoms with Crippen LogP contribution in [0.4, 0.5) is 0 Å².